The molecule has 3 atom stereocenters. The van der Waals surface area contributed by atoms with Crippen molar-refractivity contribution < 1.29 is 9.47 Å². The molecule has 0 radical (unpaired) electrons. The molecular formula is C13H19NO2. The van der Waals surface area contributed by atoms with Crippen LogP contribution in [0.3, 0.4) is 0 Å². The van der Waals surface area contributed by atoms with E-state index in [2.05, 4.69) is 6.92 Å². The van der Waals surface area contributed by atoms with Gasteiger partial charge >= 0.3 is 0 Å². The molecule has 1 heterocycles. The Bertz CT molecular complexity index is 354. The third kappa shape index (κ3) is 2.36. The minimum absolute atomic E-state index is 0.0555. The maximum absolute atomic E-state index is 6.21. The number of hydrogen-bond donors (Lipinski definition) is 1. The minimum atomic E-state index is -0.0555. The van der Waals surface area contributed by atoms with Gasteiger partial charge in [0.15, 0.2) is 0 Å². The van der Waals surface area contributed by atoms with Gasteiger partial charge in [-0.3, -0.25) is 0 Å². The van der Waals surface area contributed by atoms with Crippen LogP contribution in [-0.2, 0) is 4.74 Å². The first-order valence-electron chi connectivity index (χ1n) is 5.75. The summed E-state index contributed by atoms with van der Waals surface area (Å²) in [6, 6.07) is 7.84. The summed E-state index contributed by atoms with van der Waals surface area (Å²) in [6.45, 7) is 2.10. The van der Waals surface area contributed by atoms with Gasteiger partial charge in [-0.25, -0.2) is 0 Å². The van der Waals surface area contributed by atoms with Crippen LogP contribution in [0.25, 0.3) is 0 Å². The standard InChI is InChI=1S/C13H19NO2/c1-9-6-7-12(16-9)13(14)10-4-3-5-11(8-10)15-2/h3-5,8-9,12-13H,6-7,14H2,1-2H3. The van der Waals surface area contributed by atoms with Gasteiger partial charge in [0.25, 0.3) is 0 Å². The highest BCUT2D eigenvalue weighted by Gasteiger charge is 2.28. The first kappa shape index (κ1) is 11.4. The van der Waals surface area contributed by atoms with Gasteiger partial charge in [0.2, 0.25) is 0 Å². The molecule has 3 heteroatoms. The lowest BCUT2D eigenvalue weighted by atomic mass is 10.00. The molecule has 0 aromatic heterocycles. The third-order valence-electron chi connectivity index (χ3n) is 3.14. The number of methoxy groups -OCH3 is 1. The van der Waals surface area contributed by atoms with Gasteiger partial charge in [0.05, 0.1) is 25.4 Å². The van der Waals surface area contributed by atoms with E-state index < -0.39 is 0 Å². The normalized spacial score (nSPS) is 26.7. The number of nitrogens with two attached hydrogens (primary N) is 1. The van der Waals surface area contributed by atoms with Crippen molar-refractivity contribution in [2.45, 2.75) is 38.0 Å². The summed E-state index contributed by atoms with van der Waals surface area (Å²) in [5, 5.41) is 0. The molecule has 1 aromatic carbocycles. The van der Waals surface area contributed by atoms with E-state index in [0.717, 1.165) is 24.2 Å². The van der Waals surface area contributed by atoms with Gasteiger partial charge in [-0.05, 0) is 37.5 Å². The average molecular weight is 221 g/mol. The molecule has 88 valence electrons. The van der Waals surface area contributed by atoms with Crippen LogP contribution in [0.15, 0.2) is 24.3 Å². The predicted octanol–water partition coefficient (Wildman–Crippen LogP) is 2.26. The molecule has 0 bridgehead atoms. The second kappa shape index (κ2) is 4.85. The molecule has 2 rings (SSSR count). The second-order valence-electron chi connectivity index (χ2n) is 4.36. The highest BCUT2D eigenvalue weighted by Crippen LogP contribution is 2.29. The summed E-state index contributed by atoms with van der Waals surface area (Å²) >= 11 is 0. The zero-order valence-corrected chi connectivity index (χ0v) is 9.85. The summed E-state index contributed by atoms with van der Waals surface area (Å²) < 4.78 is 11.0. The smallest absolute Gasteiger partial charge is 0.119 e. The van der Waals surface area contributed by atoms with Gasteiger partial charge in [-0.15, -0.1) is 0 Å². The maximum atomic E-state index is 6.21. The summed E-state index contributed by atoms with van der Waals surface area (Å²) in [7, 11) is 1.67. The van der Waals surface area contributed by atoms with E-state index in [9.17, 15) is 0 Å². The Morgan fingerprint density at radius 3 is 2.88 bits per heavy atom. The molecule has 0 spiro atoms. The zero-order valence-electron chi connectivity index (χ0n) is 9.85. The number of benzene rings is 1. The van der Waals surface area contributed by atoms with Crippen molar-refractivity contribution in [1.82, 2.24) is 0 Å². The third-order valence-corrected chi connectivity index (χ3v) is 3.14. The number of rotatable bonds is 3. The zero-order chi connectivity index (χ0) is 11.5. The van der Waals surface area contributed by atoms with Crippen LogP contribution in [0.4, 0.5) is 0 Å². The van der Waals surface area contributed by atoms with Crippen LogP contribution in [-0.4, -0.2) is 19.3 Å². The molecule has 3 unspecified atom stereocenters. The Hall–Kier alpha value is -1.06. The molecule has 3 nitrogen and oxygen atoms in total. The fourth-order valence-corrected chi connectivity index (χ4v) is 2.16. The fraction of sp³-hybridized carbons (Fsp3) is 0.538. The van der Waals surface area contributed by atoms with E-state index in [4.69, 9.17) is 15.2 Å². The van der Waals surface area contributed by atoms with Crippen molar-refractivity contribution in [2.75, 3.05) is 7.11 Å². The van der Waals surface area contributed by atoms with Crippen LogP contribution in [0.2, 0.25) is 0 Å². The SMILES string of the molecule is COc1cccc(C(N)C2CCC(C)O2)c1. The monoisotopic (exact) mass is 221 g/mol. The van der Waals surface area contributed by atoms with Crippen molar-refractivity contribution in [3.63, 3.8) is 0 Å². The van der Waals surface area contributed by atoms with Crippen molar-refractivity contribution in [3.8, 4) is 5.75 Å². The Morgan fingerprint density at radius 2 is 2.25 bits per heavy atom. The van der Waals surface area contributed by atoms with E-state index >= 15 is 0 Å². The Balaban J connectivity index is 2.10. The van der Waals surface area contributed by atoms with Crippen molar-refractivity contribution in [2.24, 2.45) is 5.73 Å². The van der Waals surface area contributed by atoms with Crippen molar-refractivity contribution in [1.29, 1.82) is 0 Å². The quantitative estimate of drug-likeness (QED) is 0.851. The van der Waals surface area contributed by atoms with Crippen LogP contribution in [0.1, 0.15) is 31.4 Å². The molecule has 0 saturated carbocycles. The Kier molecular flexibility index (Phi) is 3.46. The molecule has 1 saturated heterocycles. The molecule has 1 fully saturated rings. The first-order chi connectivity index (χ1) is 7.70. The molecule has 1 aliphatic rings. The van der Waals surface area contributed by atoms with Crippen LogP contribution < -0.4 is 10.5 Å². The van der Waals surface area contributed by atoms with Crippen LogP contribution in [0.5, 0.6) is 5.75 Å². The highest BCUT2D eigenvalue weighted by molar-refractivity contribution is 5.31. The summed E-state index contributed by atoms with van der Waals surface area (Å²) in [5.74, 6) is 0.846. The number of ether oxygens (including phenoxy) is 2. The topological polar surface area (TPSA) is 44.5 Å². The van der Waals surface area contributed by atoms with E-state index in [1.807, 2.05) is 24.3 Å². The van der Waals surface area contributed by atoms with Gasteiger partial charge in [0, 0.05) is 0 Å². The van der Waals surface area contributed by atoms with E-state index in [0.29, 0.717) is 6.10 Å². The second-order valence-corrected chi connectivity index (χ2v) is 4.36. The van der Waals surface area contributed by atoms with Gasteiger partial charge in [0.1, 0.15) is 5.75 Å². The highest BCUT2D eigenvalue weighted by atomic mass is 16.5. The van der Waals surface area contributed by atoms with Crippen LogP contribution in [0, 0.1) is 0 Å². The van der Waals surface area contributed by atoms with Crippen molar-refractivity contribution >= 4 is 0 Å². The molecule has 16 heavy (non-hydrogen) atoms. The minimum Gasteiger partial charge on any atom is -0.497 e. The Morgan fingerprint density at radius 1 is 1.44 bits per heavy atom. The summed E-state index contributed by atoms with van der Waals surface area (Å²) in [5.41, 5.74) is 7.29. The van der Waals surface area contributed by atoms with Gasteiger partial charge in [-0.1, -0.05) is 12.1 Å². The van der Waals surface area contributed by atoms with Crippen LogP contribution >= 0.6 is 0 Å². The largest absolute Gasteiger partial charge is 0.497 e. The molecule has 1 aliphatic heterocycles. The summed E-state index contributed by atoms with van der Waals surface area (Å²) in [4.78, 5) is 0. The predicted molar refractivity (Wildman–Crippen MR) is 63.5 cm³/mol. The van der Waals surface area contributed by atoms with Crippen molar-refractivity contribution in [3.05, 3.63) is 29.8 Å². The average Bonchev–Trinajstić information content (AvgIpc) is 2.75. The van der Waals surface area contributed by atoms with Gasteiger partial charge < -0.3 is 15.2 Å². The summed E-state index contributed by atoms with van der Waals surface area (Å²) in [6.07, 6.45) is 2.62. The number of hydrogen-bond acceptors (Lipinski definition) is 3. The molecule has 2 N–H and O–H groups in total. The lowest BCUT2D eigenvalue weighted by molar-refractivity contribution is 0.0401. The first-order valence-corrected chi connectivity index (χ1v) is 5.75. The van der Waals surface area contributed by atoms with Gasteiger partial charge in [-0.2, -0.15) is 0 Å². The molecule has 0 amide bonds. The molecule has 0 aliphatic carbocycles. The lowest BCUT2D eigenvalue weighted by Gasteiger charge is -2.20. The maximum Gasteiger partial charge on any atom is 0.119 e. The Labute approximate surface area is 96.5 Å². The van der Waals surface area contributed by atoms with E-state index in [-0.39, 0.29) is 12.1 Å². The van der Waals surface area contributed by atoms with E-state index in [1.165, 1.54) is 0 Å². The fourth-order valence-electron chi connectivity index (χ4n) is 2.16. The van der Waals surface area contributed by atoms with E-state index in [1.54, 1.807) is 7.11 Å². The lowest BCUT2D eigenvalue weighted by Crippen LogP contribution is -2.26. The molecule has 1 aromatic rings. The molecular weight excluding hydrogens is 202 g/mol.